The van der Waals surface area contributed by atoms with E-state index >= 15 is 0 Å². The Morgan fingerprint density at radius 3 is 2.88 bits per heavy atom. The van der Waals surface area contributed by atoms with Gasteiger partial charge in [0.1, 0.15) is 0 Å². The number of nitrogens with zero attached hydrogens (tertiary/aromatic N) is 1. The van der Waals surface area contributed by atoms with E-state index in [1.54, 1.807) is 37.3 Å². The number of cyclic esters (lactones) is 1. The summed E-state index contributed by atoms with van der Waals surface area (Å²) in [7, 11) is 0. The van der Waals surface area contributed by atoms with Gasteiger partial charge in [-0.3, -0.25) is 0 Å². The largest absolute Gasteiger partial charge is 0.623 e. The molecule has 0 saturated carbocycles. The van der Waals surface area contributed by atoms with Gasteiger partial charge in [0.05, 0.1) is 6.61 Å². The van der Waals surface area contributed by atoms with Gasteiger partial charge in [0, 0.05) is 18.1 Å². The quantitative estimate of drug-likeness (QED) is 0.252. The van der Waals surface area contributed by atoms with Crippen molar-refractivity contribution in [2.24, 2.45) is 0 Å². The summed E-state index contributed by atoms with van der Waals surface area (Å²) in [5.41, 5.74) is 1.16. The van der Waals surface area contributed by atoms with Crippen molar-refractivity contribution in [1.29, 1.82) is 0 Å². The highest BCUT2D eigenvalue weighted by atomic mass is 16.6. The van der Waals surface area contributed by atoms with Crippen LogP contribution < -0.4 is 0 Å². The summed E-state index contributed by atoms with van der Waals surface area (Å²) in [4.78, 5) is 23.1. The third kappa shape index (κ3) is 4.68. The smallest absolute Gasteiger partial charge is 0.382 e. The number of hydroxylamine groups is 1. The van der Waals surface area contributed by atoms with Crippen LogP contribution in [0.1, 0.15) is 37.8 Å². The van der Waals surface area contributed by atoms with E-state index in [2.05, 4.69) is 0 Å². The van der Waals surface area contributed by atoms with Crippen LogP contribution in [0, 0.1) is 5.21 Å². The Kier molecular flexibility index (Phi) is 6.54. The topological polar surface area (TPSA) is 78.7 Å². The first-order valence-corrected chi connectivity index (χ1v) is 7.99. The molecule has 1 heterocycles. The molecule has 6 nitrogen and oxygen atoms in total. The van der Waals surface area contributed by atoms with E-state index in [9.17, 15) is 14.8 Å². The Morgan fingerprint density at radius 1 is 1.42 bits per heavy atom. The van der Waals surface area contributed by atoms with Crippen LogP contribution in [-0.2, 0) is 19.1 Å². The van der Waals surface area contributed by atoms with E-state index in [4.69, 9.17) is 9.47 Å². The molecule has 1 aromatic carbocycles. The normalized spacial score (nSPS) is 17.9. The SMILES string of the molecule is CCOC(=O)/C=C/CCCC1=[N+]([O-])C(c2ccccc2)C(=O)OC1. The highest BCUT2D eigenvalue weighted by Crippen LogP contribution is 2.22. The fourth-order valence-electron chi connectivity index (χ4n) is 2.46. The molecule has 24 heavy (non-hydrogen) atoms. The number of hydrogen-bond acceptors (Lipinski definition) is 5. The molecular formula is C18H21NO5. The summed E-state index contributed by atoms with van der Waals surface area (Å²) >= 11 is 0. The first kappa shape index (κ1) is 17.7. The van der Waals surface area contributed by atoms with Crippen LogP contribution in [0.15, 0.2) is 42.5 Å². The third-order valence-corrected chi connectivity index (χ3v) is 3.64. The van der Waals surface area contributed by atoms with Gasteiger partial charge in [-0.1, -0.05) is 36.4 Å². The van der Waals surface area contributed by atoms with Crippen LogP contribution >= 0.6 is 0 Å². The van der Waals surface area contributed by atoms with E-state index in [0.29, 0.717) is 37.1 Å². The second-order valence-corrected chi connectivity index (χ2v) is 5.36. The van der Waals surface area contributed by atoms with Crippen LogP contribution in [0.3, 0.4) is 0 Å². The molecule has 0 bridgehead atoms. The number of esters is 2. The van der Waals surface area contributed by atoms with Crippen LogP contribution in [0.2, 0.25) is 0 Å². The molecular weight excluding hydrogens is 310 g/mol. The summed E-state index contributed by atoms with van der Waals surface area (Å²) in [6.45, 7) is 2.12. The second kappa shape index (κ2) is 8.86. The van der Waals surface area contributed by atoms with Gasteiger partial charge in [-0.2, -0.15) is 4.74 Å². The van der Waals surface area contributed by atoms with Crippen molar-refractivity contribution in [1.82, 2.24) is 0 Å². The lowest BCUT2D eigenvalue weighted by molar-refractivity contribution is -0.504. The summed E-state index contributed by atoms with van der Waals surface area (Å²) in [5, 5.41) is 12.5. The van der Waals surface area contributed by atoms with Crippen molar-refractivity contribution in [3.63, 3.8) is 0 Å². The maximum absolute atomic E-state index is 12.5. The van der Waals surface area contributed by atoms with Gasteiger partial charge >= 0.3 is 11.9 Å². The number of ether oxygens (including phenoxy) is 2. The van der Waals surface area contributed by atoms with Gasteiger partial charge < -0.3 is 14.7 Å². The molecule has 6 heteroatoms. The third-order valence-electron chi connectivity index (χ3n) is 3.64. The van der Waals surface area contributed by atoms with E-state index in [-0.39, 0.29) is 12.6 Å². The van der Waals surface area contributed by atoms with Gasteiger partial charge in [-0.05, 0) is 19.8 Å². The van der Waals surface area contributed by atoms with Gasteiger partial charge in [-0.15, -0.1) is 0 Å². The molecule has 1 aliphatic rings. The van der Waals surface area contributed by atoms with Crippen molar-refractivity contribution < 1.29 is 23.8 Å². The Bertz CT molecular complexity index is 636. The van der Waals surface area contributed by atoms with Crippen LogP contribution in [-0.4, -0.2) is 35.6 Å². The van der Waals surface area contributed by atoms with Crippen LogP contribution in [0.25, 0.3) is 0 Å². The summed E-state index contributed by atoms with van der Waals surface area (Å²) in [5.74, 6) is -0.895. The molecule has 0 saturated heterocycles. The average molecular weight is 331 g/mol. The number of carbonyl (C=O) groups excluding carboxylic acids is 2. The molecule has 0 aliphatic carbocycles. The lowest BCUT2D eigenvalue weighted by atomic mass is 10.0. The monoisotopic (exact) mass is 331 g/mol. The summed E-state index contributed by atoms with van der Waals surface area (Å²) < 4.78 is 10.7. The minimum absolute atomic E-state index is 0.0211. The first-order valence-electron chi connectivity index (χ1n) is 7.99. The van der Waals surface area contributed by atoms with Crippen molar-refractivity contribution in [3.8, 4) is 0 Å². The van der Waals surface area contributed by atoms with Crippen LogP contribution in [0.5, 0.6) is 0 Å². The molecule has 0 spiro atoms. The van der Waals surface area contributed by atoms with E-state index < -0.39 is 12.0 Å². The number of benzene rings is 1. The molecule has 2 rings (SSSR count). The van der Waals surface area contributed by atoms with Gasteiger partial charge in [0.2, 0.25) is 5.71 Å². The number of hydrogen-bond donors (Lipinski definition) is 0. The van der Waals surface area contributed by atoms with Gasteiger partial charge in [0.25, 0.3) is 6.04 Å². The van der Waals surface area contributed by atoms with Crippen molar-refractivity contribution in [3.05, 3.63) is 53.3 Å². The minimum Gasteiger partial charge on any atom is -0.623 e. The molecule has 1 aromatic rings. The zero-order chi connectivity index (χ0) is 17.4. The van der Waals surface area contributed by atoms with E-state index in [0.717, 1.165) is 4.74 Å². The Hall–Kier alpha value is -2.63. The Labute approximate surface area is 141 Å². The zero-order valence-electron chi connectivity index (χ0n) is 13.6. The molecule has 1 aliphatic heterocycles. The number of unbranched alkanes of at least 4 members (excludes halogenated alkanes) is 1. The highest BCUT2D eigenvalue weighted by Gasteiger charge is 2.36. The number of allylic oxidation sites excluding steroid dienone is 1. The Morgan fingerprint density at radius 2 is 2.17 bits per heavy atom. The summed E-state index contributed by atoms with van der Waals surface area (Å²) in [6.07, 6.45) is 4.93. The lowest BCUT2D eigenvalue weighted by Gasteiger charge is -2.23. The average Bonchev–Trinajstić information content (AvgIpc) is 2.58. The van der Waals surface area contributed by atoms with Crippen molar-refractivity contribution >= 4 is 17.7 Å². The minimum atomic E-state index is -0.940. The Balaban J connectivity index is 1.95. The number of rotatable bonds is 7. The first-order chi connectivity index (χ1) is 11.6. The van der Waals surface area contributed by atoms with Crippen molar-refractivity contribution in [2.75, 3.05) is 13.2 Å². The highest BCUT2D eigenvalue weighted by molar-refractivity contribution is 5.88. The molecule has 0 fully saturated rings. The van der Waals surface area contributed by atoms with Gasteiger partial charge in [0.15, 0.2) is 6.61 Å². The fourth-order valence-corrected chi connectivity index (χ4v) is 2.46. The molecule has 0 aromatic heterocycles. The maximum Gasteiger partial charge on any atom is 0.382 e. The molecule has 1 unspecified atom stereocenters. The molecule has 0 amide bonds. The molecule has 0 radical (unpaired) electrons. The molecule has 1 atom stereocenters. The zero-order valence-corrected chi connectivity index (χ0v) is 13.6. The standard InChI is InChI=1S/C18H21NO5/c1-2-23-16(20)12-8-4-7-11-15-13-24-18(21)17(19(15)22)14-9-5-3-6-10-14/h3,5-6,8-10,12,17H,2,4,7,11,13H2,1H3/b12-8+. The van der Waals surface area contributed by atoms with Crippen LogP contribution in [0.4, 0.5) is 0 Å². The molecule has 128 valence electrons. The summed E-state index contributed by atoms with van der Waals surface area (Å²) in [6, 6.07) is 7.93. The number of carbonyl (C=O) groups is 2. The predicted octanol–water partition coefficient (Wildman–Crippen LogP) is 2.53. The molecule has 0 N–H and O–H groups in total. The van der Waals surface area contributed by atoms with Gasteiger partial charge in [-0.25, -0.2) is 9.59 Å². The maximum atomic E-state index is 12.5. The van der Waals surface area contributed by atoms with E-state index in [1.165, 1.54) is 6.08 Å². The lowest BCUT2D eigenvalue weighted by Crippen LogP contribution is -2.37. The van der Waals surface area contributed by atoms with Crippen molar-refractivity contribution in [2.45, 2.75) is 32.2 Å². The second-order valence-electron chi connectivity index (χ2n) is 5.36. The van der Waals surface area contributed by atoms with E-state index in [1.807, 2.05) is 6.07 Å². The fraction of sp³-hybridized carbons (Fsp3) is 0.389. The predicted molar refractivity (Wildman–Crippen MR) is 88.4 cm³/mol.